The third kappa shape index (κ3) is 5.93. The molecule has 8 heteroatoms. The Morgan fingerprint density at radius 1 is 1.07 bits per heavy atom. The van der Waals surface area contributed by atoms with Crippen LogP contribution in [0.2, 0.25) is 0 Å². The zero-order chi connectivity index (χ0) is 30.6. The van der Waals surface area contributed by atoms with Gasteiger partial charge in [-0.1, -0.05) is 48.5 Å². The van der Waals surface area contributed by atoms with Crippen molar-refractivity contribution in [2.75, 3.05) is 20.3 Å². The lowest BCUT2D eigenvalue weighted by atomic mass is 9.87. The van der Waals surface area contributed by atoms with Crippen LogP contribution < -0.4 is 15.0 Å². The molecule has 226 valence electrons. The Morgan fingerprint density at radius 3 is 2.75 bits per heavy atom. The second-order valence-electron chi connectivity index (χ2n) is 11.2. The molecular weight excluding hydrogens is 556 g/mol. The molecule has 1 aliphatic heterocycles. The predicted molar refractivity (Wildman–Crippen MR) is 169 cm³/mol. The molecule has 44 heavy (non-hydrogen) atoms. The van der Waals surface area contributed by atoms with E-state index in [1.165, 1.54) is 12.7 Å². The molecule has 1 atom stereocenters. The van der Waals surface area contributed by atoms with Crippen LogP contribution in [0.1, 0.15) is 45.8 Å². The number of aryl methyl sites for hydroxylation is 2. The molecule has 0 unspecified atom stereocenters. The molecule has 5 aromatic rings. The topological polar surface area (TPSA) is 103 Å². The van der Waals surface area contributed by atoms with Crippen LogP contribution in [0, 0.1) is 6.92 Å². The summed E-state index contributed by atoms with van der Waals surface area (Å²) in [5, 5.41) is 12.3. The summed E-state index contributed by atoms with van der Waals surface area (Å²) in [4.78, 5) is 30.1. The van der Waals surface area contributed by atoms with E-state index in [9.17, 15) is 14.7 Å². The first-order valence-electron chi connectivity index (χ1n) is 14.9. The number of H-pyrrole nitrogens is 1. The lowest BCUT2D eigenvalue weighted by molar-refractivity contribution is -0.140. The lowest BCUT2D eigenvalue weighted by Crippen LogP contribution is -2.29. The maximum absolute atomic E-state index is 14.1. The molecule has 3 heterocycles. The van der Waals surface area contributed by atoms with Crippen molar-refractivity contribution in [2.45, 2.75) is 45.1 Å². The summed E-state index contributed by atoms with van der Waals surface area (Å²) in [5.41, 5.74) is 5.57. The second-order valence-corrected chi connectivity index (χ2v) is 11.2. The van der Waals surface area contributed by atoms with Crippen LogP contribution in [-0.2, 0) is 35.3 Å². The number of hydrogen-bond acceptors (Lipinski definition) is 6. The van der Waals surface area contributed by atoms with Crippen molar-refractivity contribution >= 4 is 16.9 Å². The molecule has 0 radical (unpaired) electrons. The van der Waals surface area contributed by atoms with Crippen molar-refractivity contribution in [3.05, 3.63) is 123 Å². The molecule has 0 amide bonds. The first-order chi connectivity index (χ1) is 21.4. The van der Waals surface area contributed by atoms with Gasteiger partial charge in [-0.15, -0.1) is 0 Å². The highest BCUT2D eigenvalue weighted by Gasteiger charge is 2.29. The Bertz CT molecular complexity index is 1870. The largest absolute Gasteiger partial charge is 0.507 e. The summed E-state index contributed by atoms with van der Waals surface area (Å²) in [6.45, 7) is 3.32. The lowest BCUT2D eigenvalue weighted by Gasteiger charge is -2.22. The number of nitrogens with zero attached hydrogens (tertiary/aromatic N) is 1. The van der Waals surface area contributed by atoms with Gasteiger partial charge in [0.25, 0.3) is 5.56 Å². The molecule has 2 aromatic heterocycles. The maximum atomic E-state index is 14.1. The molecule has 3 aromatic carbocycles. The summed E-state index contributed by atoms with van der Waals surface area (Å²) in [7, 11) is 1.32. The van der Waals surface area contributed by atoms with Crippen molar-refractivity contribution in [3.8, 4) is 17.2 Å². The second kappa shape index (κ2) is 12.7. The zero-order valence-corrected chi connectivity index (χ0v) is 25.0. The van der Waals surface area contributed by atoms with Gasteiger partial charge in [0.2, 0.25) is 0 Å². The fourth-order valence-corrected chi connectivity index (χ4v) is 6.14. The molecule has 1 aliphatic rings. The number of esters is 1. The molecule has 8 nitrogen and oxygen atoms in total. The van der Waals surface area contributed by atoms with E-state index in [1.54, 1.807) is 17.6 Å². The number of benzene rings is 3. The SMILES string of the molecule is COC(=O)C[C@H](c1ccccc1OCCc1ccc2c(c1)CCO2)c1c(O)cc(C)n(CCc2c[nH]c3ccccc23)c1=O. The molecular formula is C36H36N2O6. The normalized spacial score (nSPS) is 13.0. The Labute approximate surface area is 255 Å². The van der Waals surface area contributed by atoms with E-state index in [0.717, 1.165) is 34.2 Å². The van der Waals surface area contributed by atoms with Crippen LogP contribution in [0.15, 0.2) is 83.8 Å². The van der Waals surface area contributed by atoms with Gasteiger partial charge in [0, 0.05) is 53.7 Å². The minimum absolute atomic E-state index is 0.129. The van der Waals surface area contributed by atoms with Crippen LogP contribution in [0.5, 0.6) is 17.2 Å². The summed E-state index contributed by atoms with van der Waals surface area (Å²) in [6, 6.07) is 23.2. The average molecular weight is 593 g/mol. The van der Waals surface area contributed by atoms with E-state index < -0.39 is 11.9 Å². The maximum Gasteiger partial charge on any atom is 0.306 e. The van der Waals surface area contributed by atoms with Crippen molar-refractivity contribution in [1.82, 2.24) is 9.55 Å². The van der Waals surface area contributed by atoms with E-state index in [-0.39, 0.29) is 23.3 Å². The molecule has 0 bridgehead atoms. The van der Waals surface area contributed by atoms with Crippen LogP contribution in [0.3, 0.4) is 0 Å². The monoisotopic (exact) mass is 592 g/mol. The fraction of sp³-hybridized carbons (Fsp3) is 0.278. The van der Waals surface area contributed by atoms with Gasteiger partial charge in [-0.25, -0.2) is 0 Å². The third-order valence-electron chi connectivity index (χ3n) is 8.45. The highest BCUT2D eigenvalue weighted by atomic mass is 16.5. The van der Waals surface area contributed by atoms with E-state index in [1.807, 2.05) is 60.8 Å². The van der Waals surface area contributed by atoms with E-state index >= 15 is 0 Å². The number of rotatable bonds is 11. The van der Waals surface area contributed by atoms with Crippen LogP contribution >= 0.6 is 0 Å². The van der Waals surface area contributed by atoms with Gasteiger partial charge in [-0.3, -0.25) is 9.59 Å². The number of nitrogens with one attached hydrogen (secondary N) is 1. The molecule has 6 rings (SSSR count). The van der Waals surface area contributed by atoms with Crippen LogP contribution in [0.4, 0.5) is 0 Å². The number of pyridine rings is 1. The Hall–Kier alpha value is -4.98. The zero-order valence-electron chi connectivity index (χ0n) is 25.0. The molecule has 0 saturated heterocycles. The Balaban J connectivity index is 1.29. The van der Waals surface area contributed by atoms with Gasteiger partial charge in [0.1, 0.15) is 17.2 Å². The van der Waals surface area contributed by atoms with Gasteiger partial charge in [0.05, 0.1) is 32.3 Å². The minimum Gasteiger partial charge on any atom is -0.507 e. The van der Waals surface area contributed by atoms with Crippen LogP contribution in [0.25, 0.3) is 10.9 Å². The number of hydrogen-bond donors (Lipinski definition) is 2. The number of fused-ring (bicyclic) bond motifs is 2. The Kier molecular flexibility index (Phi) is 8.41. The minimum atomic E-state index is -0.775. The number of methoxy groups -OCH3 is 1. The number of para-hydroxylation sites is 2. The number of ether oxygens (including phenoxy) is 3. The standard InChI is InChI=1S/C36H36N2O6/c1-23-19-31(39)35(36(41)38(23)16-13-26-22-37-30-9-5-3-7-27(26)30)29(21-34(40)42-2)28-8-4-6-10-33(28)44-17-14-24-11-12-32-25(20-24)15-18-43-32/h3-12,19-20,22,29,37,39H,13-18,21H2,1-2H3/t29-/m1/s1. The number of aromatic hydroxyl groups is 1. The molecule has 0 spiro atoms. The molecule has 2 N–H and O–H groups in total. The summed E-state index contributed by atoms with van der Waals surface area (Å²) in [5.74, 6) is 0.0734. The van der Waals surface area contributed by atoms with Crippen molar-refractivity contribution < 1.29 is 24.1 Å². The van der Waals surface area contributed by atoms with Gasteiger partial charge in [-0.2, -0.15) is 0 Å². The summed E-state index contributed by atoms with van der Waals surface area (Å²) in [6.07, 6.45) is 4.04. The average Bonchev–Trinajstić information content (AvgIpc) is 3.67. The van der Waals surface area contributed by atoms with Gasteiger partial charge < -0.3 is 28.9 Å². The molecule has 0 aliphatic carbocycles. The Morgan fingerprint density at radius 2 is 1.89 bits per heavy atom. The molecule has 0 saturated carbocycles. The van der Waals surface area contributed by atoms with Crippen molar-refractivity contribution in [2.24, 2.45) is 0 Å². The number of aromatic nitrogens is 2. The van der Waals surface area contributed by atoms with E-state index in [0.29, 0.717) is 49.6 Å². The van der Waals surface area contributed by atoms with Crippen LogP contribution in [-0.4, -0.2) is 41.0 Å². The third-order valence-corrected chi connectivity index (χ3v) is 8.45. The van der Waals surface area contributed by atoms with E-state index in [2.05, 4.69) is 17.1 Å². The number of carbonyl (C=O) groups is 1. The highest BCUT2D eigenvalue weighted by Crippen LogP contribution is 2.37. The van der Waals surface area contributed by atoms with Gasteiger partial charge >= 0.3 is 5.97 Å². The number of aromatic amines is 1. The summed E-state index contributed by atoms with van der Waals surface area (Å²) < 4.78 is 18.6. The number of carbonyl (C=O) groups excluding carboxylic acids is 1. The summed E-state index contributed by atoms with van der Waals surface area (Å²) >= 11 is 0. The highest BCUT2D eigenvalue weighted by molar-refractivity contribution is 5.83. The first-order valence-corrected chi connectivity index (χ1v) is 14.9. The fourth-order valence-electron chi connectivity index (χ4n) is 6.14. The van der Waals surface area contributed by atoms with E-state index in [4.69, 9.17) is 14.2 Å². The smallest absolute Gasteiger partial charge is 0.306 e. The van der Waals surface area contributed by atoms with Gasteiger partial charge in [-0.05, 0) is 54.3 Å². The van der Waals surface area contributed by atoms with Gasteiger partial charge in [0.15, 0.2) is 0 Å². The predicted octanol–water partition coefficient (Wildman–Crippen LogP) is 5.84. The molecule has 0 fully saturated rings. The van der Waals surface area contributed by atoms with Crippen molar-refractivity contribution in [1.29, 1.82) is 0 Å². The quantitative estimate of drug-likeness (QED) is 0.187. The first kappa shape index (κ1) is 29.1. The van der Waals surface area contributed by atoms with Crippen molar-refractivity contribution in [3.63, 3.8) is 0 Å².